The number of hydrogen-bond acceptors (Lipinski definition) is 1. The van der Waals surface area contributed by atoms with Gasteiger partial charge in [0.1, 0.15) is 0 Å². The summed E-state index contributed by atoms with van der Waals surface area (Å²) in [6, 6.07) is 11.8. The Hall–Kier alpha value is -0.820. The van der Waals surface area contributed by atoms with Crippen LogP contribution in [0.25, 0.3) is 0 Å². The maximum Gasteiger partial charge on any atom is 0.0101 e. The summed E-state index contributed by atoms with van der Waals surface area (Å²) in [5.74, 6) is 1.69. The van der Waals surface area contributed by atoms with Crippen LogP contribution in [0.5, 0.6) is 0 Å². The van der Waals surface area contributed by atoms with E-state index in [1.165, 1.54) is 51.4 Å². The Bertz CT molecular complexity index is 373. The van der Waals surface area contributed by atoms with Crippen LogP contribution in [0.2, 0.25) is 0 Å². The highest BCUT2D eigenvalue weighted by Crippen LogP contribution is 2.50. The zero-order chi connectivity index (χ0) is 14.9. The molecule has 2 rings (SSSR count). The van der Waals surface area contributed by atoms with E-state index in [0.29, 0.717) is 0 Å². The smallest absolute Gasteiger partial charge is 0.0101 e. The van der Waals surface area contributed by atoms with Crippen LogP contribution >= 0.6 is 0 Å². The molecule has 1 aromatic carbocycles. The summed E-state index contributed by atoms with van der Waals surface area (Å²) in [5.41, 5.74) is 1.55. The fraction of sp³-hybridized carbons (Fsp3) is 0.700. The molecule has 1 N–H and O–H groups in total. The Morgan fingerprint density at radius 3 is 2.43 bits per heavy atom. The predicted molar refractivity (Wildman–Crippen MR) is 92.7 cm³/mol. The first-order valence-corrected chi connectivity index (χ1v) is 9.15. The zero-order valence-corrected chi connectivity index (χ0v) is 14.0. The molecule has 0 aliphatic heterocycles. The summed E-state index contributed by atoms with van der Waals surface area (Å²) < 4.78 is 0. The number of nitrogens with one attached hydrogen (secondary N) is 1. The molecule has 3 atom stereocenters. The quantitative estimate of drug-likeness (QED) is 0.528. The Morgan fingerprint density at radius 2 is 1.71 bits per heavy atom. The Morgan fingerprint density at radius 1 is 1.00 bits per heavy atom. The molecule has 0 amide bonds. The van der Waals surface area contributed by atoms with Crippen LogP contribution in [-0.4, -0.2) is 12.6 Å². The summed E-state index contributed by atoms with van der Waals surface area (Å²) >= 11 is 0. The molecule has 21 heavy (non-hydrogen) atoms. The van der Waals surface area contributed by atoms with Gasteiger partial charge in [0.05, 0.1) is 0 Å². The summed E-state index contributed by atoms with van der Waals surface area (Å²) in [4.78, 5) is 0. The van der Waals surface area contributed by atoms with Crippen molar-refractivity contribution in [1.82, 2.24) is 5.32 Å². The number of rotatable bonds is 11. The monoisotopic (exact) mass is 287 g/mol. The van der Waals surface area contributed by atoms with Crippen LogP contribution < -0.4 is 5.32 Å². The van der Waals surface area contributed by atoms with Crippen molar-refractivity contribution in [2.75, 3.05) is 6.54 Å². The van der Waals surface area contributed by atoms with Crippen LogP contribution in [0.1, 0.15) is 76.7 Å². The van der Waals surface area contributed by atoms with E-state index in [0.717, 1.165) is 24.4 Å². The SMILES string of the molecule is CCCCCCCCC(NCC)C1CC1c1ccccc1. The summed E-state index contributed by atoms with van der Waals surface area (Å²) in [6.45, 7) is 5.64. The molecular weight excluding hydrogens is 254 g/mol. The molecule has 118 valence electrons. The van der Waals surface area contributed by atoms with Crippen molar-refractivity contribution < 1.29 is 0 Å². The molecule has 0 saturated heterocycles. The van der Waals surface area contributed by atoms with Gasteiger partial charge in [-0.1, -0.05) is 82.7 Å². The van der Waals surface area contributed by atoms with Gasteiger partial charge in [-0.05, 0) is 36.8 Å². The second-order valence-electron chi connectivity index (χ2n) is 6.64. The van der Waals surface area contributed by atoms with Gasteiger partial charge in [0, 0.05) is 6.04 Å². The minimum absolute atomic E-state index is 0.742. The lowest BCUT2D eigenvalue weighted by Crippen LogP contribution is -2.31. The predicted octanol–water partition coefficient (Wildman–Crippen LogP) is 5.52. The Kier molecular flexibility index (Phi) is 7.29. The van der Waals surface area contributed by atoms with Gasteiger partial charge in [-0.25, -0.2) is 0 Å². The molecule has 1 aliphatic carbocycles. The van der Waals surface area contributed by atoms with Crippen molar-refractivity contribution in [3.05, 3.63) is 35.9 Å². The van der Waals surface area contributed by atoms with Crippen molar-refractivity contribution in [1.29, 1.82) is 0 Å². The fourth-order valence-electron chi connectivity index (χ4n) is 3.62. The number of benzene rings is 1. The normalized spacial score (nSPS) is 22.2. The highest BCUT2D eigenvalue weighted by Gasteiger charge is 2.42. The maximum atomic E-state index is 3.75. The van der Waals surface area contributed by atoms with Gasteiger partial charge in [-0.15, -0.1) is 0 Å². The first-order valence-electron chi connectivity index (χ1n) is 9.15. The first-order chi connectivity index (χ1) is 10.4. The molecule has 0 radical (unpaired) electrons. The van der Waals surface area contributed by atoms with Gasteiger partial charge in [0.15, 0.2) is 0 Å². The Labute approximate surface area is 131 Å². The van der Waals surface area contributed by atoms with E-state index in [1.807, 2.05) is 0 Å². The van der Waals surface area contributed by atoms with Crippen molar-refractivity contribution >= 4 is 0 Å². The minimum Gasteiger partial charge on any atom is -0.314 e. The van der Waals surface area contributed by atoms with Gasteiger partial charge >= 0.3 is 0 Å². The molecule has 1 saturated carbocycles. The molecule has 0 aromatic heterocycles. The summed E-state index contributed by atoms with van der Waals surface area (Å²) in [5, 5.41) is 3.75. The second kappa shape index (κ2) is 9.25. The molecule has 1 fully saturated rings. The largest absolute Gasteiger partial charge is 0.314 e. The van der Waals surface area contributed by atoms with Gasteiger partial charge in [0.2, 0.25) is 0 Å². The van der Waals surface area contributed by atoms with Crippen molar-refractivity contribution in [3.8, 4) is 0 Å². The average Bonchev–Trinajstić information content (AvgIpc) is 3.31. The van der Waals surface area contributed by atoms with E-state index in [-0.39, 0.29) is 0 Å². The van der Waals surface area contributed by atoms with E-state index in [4.69, 9.17) is 0 Å². The molecule has 1 aliphatic rings. The lowest BCUT2D eigenvalue weighted by Gasteiger charge is -2.18. The van der Waals surface area contributed by atoms with Gasteiger partial charge in [0.25, 0.3) is 0 Å². The van der Waals surface area contributed by atoms with Crippen LogP contribution in [0.15, 0.2) is 30.3 Å². The summed E-state index contributed by atoms with van der Waals surface area (Å²) in [6.07, 6.45) is 11.2. The van der Waals surface area contributed by atoms with Gasteiger partial charge in [-0.2, -0.15) is 0 Å². The molecule has 3 unspecified atom stereocenters. The molecule has 0 bridgehead atoms. The van der Waals surface area contributed by atoms with Crippen molar-refractivity contribution in [2.24, 2.45) is 5.92 Å². The van der Waals surface area contributed by atoms with Crippen LogP contribution in [0, 0.1) is 5.92 Å². The number of unbranched alkanes of at least 4 members (excludes halogenated alkanes) is 5. The van der Waals surface area contributed by atoms with E-state index >= 15 is 0 Å². The van der Waals surface area contributed by atoms with Crippen LogP contribution in [0.4, 0.5) is 0 Å². The summed E-state index contributed by atoms with van der Waals surface area (Å²) in [7, 11) is 0. The van der Waals surface area contributed by atoms with Crippen molar-refractivity contribution in [2.45, 2.75) is 77.2 Å². The van der Waals surface area contributed by atoms with Crippen LogP contribution in [0.3, 0.4) is 0 Å². The molecule has 1 aromatic rings. The third kappa shape index (κ3) is 5.47. The van der Waals surface area contributed by atoms with E-state index in [1.54, 1.807) is 5.56 Å². The second-order valence-corrected chi connectivity index (χ2v) is 6.64. The van der Waals surface area contributed by atoms with Crippen LogP contribution in [-0.2, 0) is 0 Å². The highest BCUT2D eigenvalue weighted by molar-refractivity contribution is 5.26. The van der Waals surface area contributed by atoms with E-state index < -0.39 is 0 Å². The maximum absolute atomic E-state index is 3.75. The topological polar surface area (TPSA) is 12.0 Å². The van der Waals surface area contributed by atoms with Crippen molar-refractivity contribution in [3.63, 3.8) is 0 Å². The standard InChI is InChI=1S/C20H33N/c1-3-5-6-7-8-12-15-20(21-4-2)19-16-18(19)17-13-10-9-11-14-17/h9-11,13-14,18-21H,3-8,12,15-16H2,1-2H3. The van der Waals surface area contributed by atoms with Gasteiger partial charge in [-0.3, -0.25) is 0 Å². The minimum atomic E-state index is 0.742. The number of hydrogen-bond donors (Lipinski definition) is 1. The molecule has 1 heteroatoms. The fourth-order valence-corrected chi connectivity index (χ4v) is 3.62. The molecule has 0 spiro atoms. The lowest BCUT2D eigenvalue weighted by atomic mass is 9.99. The van der Waals surface area contributed by atoms with E-state index in [9.17, 15) is 0 Å². The van der Waals surface area contributed by atoms with E-state index in [2.05, 4.69) is 49.5 Å². The third-order valence-electron chi connectivity index (χ3n) is 4.92. The average molecular weight is 287 g/mol. The molecule has 1 nitrogen and oxygen atoms in total. The third-order valence-corrected chi connectivity index (χ3v) is 4.92. The Balaban J connectivity index is 1.70. The first kappa shape index (κ1) is 16.5. The molecule has 0 heterocycles. The zero-order valence-electron chi connectivity index (χ0n) is 14.0. The highest BCUT2D eigenvalue weighted by atomic mass is 14.9. The lowest BCUT2D eigenvalue weighted by molar-refractivity contribution is 0.417. The van der Waals surface area contributed by atoms with Gasteiger partial charge < -0.3 is 5.32 Å². The molecular formula is C20H33N.